The third-order valence-corrected chi connectivity index (χ3v) is 2.34. The number of benzene rings is 1. The molecular formula is C10H11Cl2N3. The molecule has 0 saturated heterocycles. The standard InChI is InChI=1S/C10H10ClN3.ClH/c1-6-2-3-7-8(4-6)13-9(5-12)10(11)14-7;/h2-4H,5,12H2,1H3;1H. The molecule has 15 heavy (non-hydrogen) atoms. The first kappa shape index (κ1) is 12.2. The zero-order chi connectivity index (χ0) is 10.1. The Morgan fingerprint density at radius 2 is 2.00 bits per heavy atom. The summed E-state index contributed by atoms with van der Waals surface area (Å²) in [5.74, 6) is 0. The molecule has 0 saturated carbocycles. The molecule has 0 fully saturated rings. The van der Waals surface area contributed by atoms with Crippen LogP contribution in [0.3, 0.4) is 0 Å². The fourth-order valence-corrected chi connectivity index (χ4v) is 1.52. The maximum absolute atomic E-state index is 5.89. The van der Waals surface area contributed by atoms with Crippen molar-refractivity contribution in [2.75, 3.05) is 0 Å². The van der Waals surface area contributed by atoms with Gasteiger partial charge in [0.25, 0.3) is 0 Å². The van der Waals surface area contributed by atoms with Crippen LogP contribution in [0.25, 0.3) is 11.0 Å². The van der Waals surface area contributed by atoms with Gasteiger partial charge < -0.3 is 5.73 Å². The smallest absolute Gasteiger partial charge is 0.152 e. The Morgan fingerprint density at radius 1 is 1.27 bits per heavy atom. The molecule has 2 rings (SSSR count). The van der Waals surface area contributed by atoms with Crippen molar-refractivity contribution in [1.82, 2.24) is 9.97 Å². The normalized spacial score (nSPS) is 10.1. The molecule has 0 aliphatic heterocycles. The molecule has 2 aromatic rings. The van der Waals surface area contributed by atoms with Gasteiger partial charge in [0, 0.05) is 6.54 Å². The second-order valence-corrected chi connectivity index (χ2v) is 3.52. The second kappa shape index (κ2) is 4.75. The first-order chi connectivity index (χ1) is 6.70. The van der Waals surface area contributed by atoms with Crippen LogP contribution >= 0.6 is 24.0 Å². The van der Waals surface area contributed by atoms with E-state index in [4.69, 9.17) is 17.3 Å². The van der Waals surface area contributed by atoms with Crippen LogP contribution in [-0.4, -0.2) is 9.97 Å². The summed E-state index contributed by atoms with van der Waals surface area (Å²) >= 11 is 5.89. The molecule has 0 amide bonds. The molecule has 0 bridgehead atoms. The molecule has 2 N–H and O–H groups in total. The van der Waals surface area contributed by atoms with E-state index in [1.54, 1.807) is 0 Å². The number of nitrogens with two attached hydrogens (primary N) is 1. The predicted octanol–water partition coefficient (Wildman–Crippen LogP) is 2.47. The van der Waals surface area contributed by atoms with Crippen molar-refractivity contribution in [3.8, 4) is 0 Å². The SMILES string of the molecule is Cc1ccc2nc(Cl)c(CN)nc2c1.Cl. The monoisotopic (exact) mass is 243 g/mol. The lowest BCUT2D eigenvalue weighted by Crippen LogP contribution is -2.02. The van der Waals surface area contributed by atoms with Crippen LogP contribution in [-0.2, 0) is 6.54 Å². The molecule has 5 heteroatoms. The number of rotatable bonds is 1. The maximum atomic E-state index is 5.89. The van der Waals surface area contributed by atoms with E-state index in [0.717, 1.165) is 16.6 Å². The summed E-state index contributed by atoms with van der Waals surface area (Å²) in [6.07, 6.45) is 0. The van der Waals surface area contributed by atoms with Crippen molar-refractivity contribution in [3.05, 3.63) is 34.6 Å². The van der Waals surface area contributed by atoms with Crippen LogP contribution in [0.1, 0.15) is 11.3 Å². The second-order valence-electron chi connectivity index (χ2n) is 3.16. The Labute approximate surface area is 99.1 Å². The number of hydrogen-bond acceptors (Lipinski definition) is 3. The fraction of sp³-hybridized carbons (Fsp3) is 0.200. The number of aryl methyl sites for hydroxylation is 1. The number of halogens is 2. The number of fused-ring (bicyclic) bond motifs is 1. The summed E-state index contributed by atoms with van der Waals surface area (Å²) in [4.78, 5) is 8.55. The summed E-state index contributed by atoms with van der Waals surface area (Å²) in [5.41, 5.74) is 8.93. The van der Waals surface area contributed by atoms with Crippen LogP contribution in [0.2, 0.25) is 5.15 Å². The Bertz CT molecular complexity index is 485. The minimum absolute atomic E-state index is 0. The van der Waals surface area contributed by atoms with E-state index in [-0.39, 0.29) is 12.4 Å². The number of aromatic nitrogens is 2. The van der Waals surface area contributed by atoms with Gasteiger partial charge in [-0.3, -0.25) is 0 Å². The van der Waals surface area contributed by atoms with Gasteiger partial charge in [0.05, 0.1) is 16.7 Å². The molecule has 1 aromatic heterocycles. The summed E-state index contributed by atoms with van der Waals surface area (Å²) in [5, 5.41) is 0.392. The van der Waals surface area contributed by atoms with E-state index in [1.807, 2.05) is 25.1 Å². The predicted molar refractivity (Wildman–Crippen MR) is 64.4 cm³/mol. The highest BCUT2D eigenvalue weighted by atomic mass is 35.5. The highest BCUT2D eigenvalue weighted by molar-refractivity contribution is 6.30. The Balaban J connectivity index is 0.00000112. The van der Waals surface area contributed by atoms with Gasteiger partial charge in [-0.25, -0.2) is 9.97 Å². The highest BCUT2D eigenvalue weighted by Crippen LogP contribution is 2.17. The lowest BCUT2D eigenvalue weighted by Gasteiger charge is -2.03. The van der Waals surface area contributed by atoms with Gasteiger partial charge in [-0.15, -0.1) is 12.4 Å². The summed E-state index contributed by atoms with van der Waals surface area (Å²) in [6.45, 7) is 2.33. The van der Waals surface area contributed by atoms with Crippen molar-refractivity contribution in [1.29, 1.82) is 0 Å². The number of hydrogen-bond donors (Lipinski definition) is 1. The summed E-state index contributed by atoms with van der Waals surface area (Å²) in [6, 6.07) is 5.86. The van der Waals surface area contributed by atoms with Crippen LogP contribution < -0.4 is 5.73 Å². The van der Waals surface area contributed by atoms with Crippen LogP contribution in [0.4, 0.5) is 0 Å². The molecule has 0 spiro atoms. The minimum Gasteiger partial charge on any atom is -0.325 e. The van der Waals surface area contributed by atoms with Crippen molar-refractivity contribution in [2.24, 2.45) is 5.73 Å². The molecule has 0 unspecified atom stereocenters. The van der Waals surface area contributed by atoms with Crippen molar-refractivity contribution >= 4 is 35.0 Å². The van der Waals surface area contributed by atoms with Gasteiger partial charge in [-0.05, 0) is 24.6 Å². The van der Waals surface area contributed by atoms with Crippen LogP contribution in [0.5, 0.6) is 0 Å². The summed E-state index contributed by atoms with van der Waals surface area (Å²) < 4.78 is 0. The Morgan fingerprint density at radius 3 is 2.67 bits per heavy atom. The third kappa shape index (κ3) is 2.37. The third-order valence-electron chi connectivity index (χ3n) is 2.04. The molecule has 1 aromatic carbocycles. The quantitative estimate of drug-likeness (QED) is 0.838. The van der Waals surface area contributed by atoms with E-state index >= 15 is 0 Å². The molecule has 0 radical (unpaired) electrons. The van der Waals surface area contributed by atoms with E-state index in [0.29, 0.717) is 17.4 Å². The van der Waals surface area contributed by atoms with Crippen molar-refractivity contribution in [2.45, 2.75) is 13.5 Å². The number of nitrogens with zero attached hydrogens (tertiary/aromatic N) is 2. The van der Waals surface area contributed by atoms with Gasteiger partial charge in [-0.2, -0.15) is 0 Å². The zero-order valence-corrected chi connectivity index (χ0v) is 9.77. The maximum Gasteiger partial charge on any atom is 0.152 e. The van der Waals surface area contributed by atoms with Crippen LogP contribution in [0.15, 0.2) is 18.2 Å². The van der Waals surface area contributed by atoms with Gasteiger partial charge >= 0.3 is 0 Å². The van der Waals surface area contributed by atoms with Gasteiger partial charge in [0.2, 0.25) is 0 Å². The Kier molecular flexibility index (Phi) is 3.85. The molecular weight excluding hydrogens is 233 g/mol. The first-order valence-corrected chi connectivity index (χ1v) is 4.71. The Hall–Kier alpha value is -0.900. The fourth-order valence-electron chi connectivity index (χ4n) is 1.31. The molecule has 3 nitrogen and oxygen atoms in total. The van der Waals surface area contributed by atoms with E-state index < -0.39 is 0 Å². The van der Waals surface area contributed by atoms with Crippen LogP contribution in [0, 0.1) is 6.92 Å². The molecule has 0 atom stereocenters. The van der Waals surface area contributed by atoms with Crippen molar-refractivity contribution < 1.29 is 0 Å². The van der Waals surface area contributed by atoms with E-state index in [1.165, 1.54) is 0 Å². The average molecular weight is 244 g/mol. The largest absolute Gasteiger partial charge is 0.325 e. The highest BCUT2D eigenvalue weighted by Gasteiger charge is 2.04. The summed E-state index contributed by atoms with van der Waals surface area (Å²) in [7, 11) is 0. The molecule has 0 aliphatic rings. The minimum atomic E-state index is 0. The molecule has 1 heterocycles. The van der Waals surface area contributed by atoms with Gasteiger partial charge in [0.1, 0.15) is 0 Å². The van der Waals surface area contributed by atoms with Gasteiger partial charge in [0.15, 0.2) is 5.15 Å². The van der Waals surface area contributed by atoms with Crippen molar-refractivity contribution in [3.63, 3.8) is 0 Å². The topological polar surface area (TPSA) is 51.8 Å². The molecule has 0 aliphatic carbocycles. The lowest BCUT2D eigenvalue weighted by molar-refractivity contribution is 0.987. The van der Waals surface area contributed by atoms with E-state index in [9.17, 15) is 0 Å². The van der Waals surface area contributed by atoms with E-state index in [2.05, 4.69) is 9.97 Å². The van der Waals surface area contributed by atoms with Gasteiger partial charge in [-0.1, -0.05) is 17.7 Å². The lowest BCUT2D eigenvalue weighted by atomic mass is 10.2. The molecule has 80 valence electrons. The average Bonchev–Trinajstić information content (AvgIpc) is 2.17. The first-order valence-electron chi connectivity index (χ1n) is 4.33. The zero-order valence-electron chi connectivity index (χ0n) is 8.20.